The molecule has 0 spiro atoms. The van der Waals surface area contributed by atoms with Crippen molar-refractivity contribution in [2.45, 2.75) is 19.4 Å². The van der Waals surface area contributed by atoms with Crippen LogP contribution in [-0.4, -0.2) is 22.3 Å². The molecule has 1 aliphatic heterocycles. The maximum atomic E-state index is 12.3. The summed E-state index contributed by atoms with van der Waals surface area (Å²) in [5.74, 6) is 0.160. The van der Waals surface area contributed by atoms with Gasteiger partial charge in [0, 0.05) is 25.0 Å². The smallest absolute Gasteiger partial charge is 0.228 e. The van der Waals surface area contributed by atoms with Gasteiger partial charge in [-0.1, -0.05) is 30.3 Å². The van der Waals surface area contributed by atoms with Crippen molar-refractivity contribution in [1.29, 1.82) is 0 Å². The van der Waals surface area contributed by atoms with Gasteiger partial charge in [0.05, 0.1) is 6.42 Å². The zero-order chi connectivity index (χ0) is 13.1. The highest BCUT2D eigenvalue weighted by molar-refractivity contribution is 5.78. The summed E-state index contributed by atoms with van der Waals surface area (Å²) in [6, 6.07) is 14.0. The molecule has 1 aromatic heterocycles. The molecule has 19 heavy (non-hydrogen) atoms. The molecule has 0 aliphatic carbocycles. The number of fused-ring (bicyclic) bond motifs is 1. The third kappa shape index (κ3) is 2.65. The Morgan fingerprint density at radius 2 is 1.89 bits per heavy atom. The van der Waals surface area contributed by atoms with Crippen LogP contribution in [0.15, 0.2) is 48.7 Å². The Bertz CT molecular complexity index is 580. The van der Waals surface area contributed by atoms with Gasteiger partial charge in [-0.3, -0.25) is 9.78 Å². The minimum atomic E-state index is 0.160. The standard InChI is InChI=1S/C16H16N2O/c19-16(11-15-7-3-4-9-17-15)18-10-8-13-5-1-2-6-14(13)12-18/h1-7,9H,8,10-12H2. The van der Waals surface area contributed by atoms with Gasteiger partial charge in [0.1, 0.15) is 0 Å². The zero-order valence-corrected chi connectivity index (χ0v) is 10.7. The van der Waals surface area contributed by atoms with E-state index in [2.05, 4.69) is 23.2 Å². The SMILES string of the molecule is O=C(Cc1ccccn1)N1CCc2ccccc2C1. The van der Waals surface area contributed by atoms with Crippen LogP contribution >= 0.6 is 0 Å². The Balaban J connectivity index is 1.70. The lowest BCUT2D eigenvalue weighted by atomic mass is 9.99. The minimum Gasteiger partial charge on any atom is -0.338 e. The van der Waals surface area contributed by atoms with E-state index in [4.69, 9.17) is 0 Å². The summed E-state index contributed by atoms with van der Waals surface area (Å²) in [5, 5.41) is 0. The number of carbonyl (C=O) groups excluding carboxylic acids is 1. The molecule has 1 amide bonds. The second-order valence-electron chi connectivity index (χ2n) is 4.83. The summed E-state index contributed by atoms with van der Waals surface area (Å²) < 4.78 is 0. The van der Waals surface area contributed by atoms with Crippen LogP contribution in [0.2, 0.25) is 0 Å². The van der Waals surface area contributed by atoms with Crippen molar-refractivity contribution < 1.29 is 4.79 Å². The first-order valence-electron chi connectivity index (χ1n) is 6.57. The molecule has 0 saturated carbocycles. The summed E-state index contributed by atoms with van der Waals surface area (Å²) in [6.45, 7) is 1.53. The number of carbonyl (C=O) groups is 1. The summed E-state index contributed by atoms with van der Waals surface area (Å²) in [5.41, 5.74) is 3.47. The Hall–Kier alpha value is -2.16. The first-order valence-corrected chi connectivity index (χ1v) is 6.57. The molecule has 2 aromatic rings. The third-order valence-electron chi connectivity index (χ3n) is 3.54. The monoisotopic (exact) mass is 252 g/mol. The van der Waals surface area contributed by atoms with Gasteiger partial charge in [0.2, 0.25) is 5.91 Å². The van der Waals surface area contributed by atoms with Crippen molar-refractivity contribution in [3.63, 3.8) is 0 Å². The quantitative estimate of drug-likeness (QED) is 0.821. The van der Waals surface area contributed by atoms with Crippen molar-refractivity contribution in [3.05, 3.63) is 65.5 Å². The maximum absolute atomic E-state index is 12.3. The van der Waals surface area contributed by atoms with E-state index in [-0.39, 0.29) is 5.91 Å². The summed E-state index contributed by atoms with van der Waals surface area (Å²) in [4.78, 5) is 18.4. The number of benzene rings is 1. The van der Waals surface area contributed by atoms with Crippen molar-refractivity contribution in [2.24, 2.45) is 0 Å². The van der Waals surface area contributed by atoms with Gasteiger partial charge < -0.3 is 4.90 Å². The van der Waals surface area contributed by atoms with Crippen LogP contribution < -0.4 is 0 Å². The number of hydrogen-bond acceptors (Lipinski definition) is 2. The molecule has 0 unspecified atom stereocenters. The lowest BCUT2D eigenvalue weighted by Crippen LogP contribution is -2.37. The summed E-state index contributed by atoms with van der Waals surface area (Å²) in [7, 11) is 0. The van der Waals surface area contributed by atoms with Crippen molar-refractivity contribution >= 4 is 5.91 Å². The predicted molar refractivity (Wildman–Crippen MR) is 73.5 cm³/mol. The van der Waals surface area contributed by atoms with Gasteiger partial charge in [-0.15, -0.1) is 0 Å². The van der Waals surface area contributed by atoms with E-state index in [0.29, 0.717) is 6.42 Å². The lowest BCUT2D eigenvalue weighted by Gasteiger charge is -2.28. The zero-order valence-electron chi connectivity index (χ0n) is 10.7. The molecule has 1 aromatic carbocycles. The van der Waals surface area contributed by atoms with Gasteiger partial charge in [-0.2, -0.15) is 0 Å². The van der Waals surface area contributed by atoms with E-state index in [1.54, 1.807) is 6.20 Å². The van der Waals surface area contributed by atoms with Crippen LogP contribution in [0.5, 0.6) is 0 Å². The van der Waals surface area contributed by atoms with Crippen LogP contribution in [-0.2, 0) is 24.2 Å². The highest BCUT2D eigenvalue weighted by Crippen LogP contribution is 2.18. The van der Waals surface area contributed by atoms with E-state index in [1.807, 2.05) is 29.2 Å². The Kier molecular flexibility index (Phi) is 3.27. The number of pyridine rings is 1. The molecule has 3 rings (SSSR count). The van der Waals surface area contributed by atoms with Crippen LogP contribution in [0, 0.1) is 0 Å². The fourth-order valence-corrected chi connectivity index (χ4v) is 2.48. The van der Waals surface area contributed by atoms with Crippen LogP contribution in [0.3, 0.4) is 0 Å². The van der Waals surface area contributed by atoms with Gasteiger partial charge in [0.25, 0.3) is 0 Å². The highest BCUT2D eigenvalue weighted by atomic mass is 16.2. The largest absolute Gasteiger partial charge is 0.338 e. The van der Waals surface area contributed by atoms with Gasteiger partial charge >= 0.3 is 0 Å². The Morgan fingerprint density at radius 3 is 2.68 bits per heavy atom. The van der Waals surface area contributed by atoms with E-state index in [0.717, 1.165) is 25.2 Å². The Labute approximate surface area is 112 Å². The summed E-state index contributed by atoms with van der Waals surface area (Å²) >= 11 is 0. The normalized spacial score (nSPS) is 14.0. The van der Waals surface area contributed by atoms with Crippen molar-refractivity contribution in [1.82, 2.24) is 9.88 Å². The molecule has 0 bridgehead atoms. The number of amides is 1. The van der Waals surface area contributed by atoms with E-state index >= 15 is 0 Å². The first-order chi connectivity index (χ1) is 9.33. The average molecular weight is 252 g/mol. The van der Waals surface area contributed by atoms with Crippen molar-refractivity contribution in [3.8, 4) is 0 Å². The third-order valence-corrected chi connectivity index (χ3v) is 3.54. The van der Waals surface area contributed by atoms with Gasteiger partial charge in [0.15, 0.2) is 0 Å². The second kappa shape index (κ2) is 5.22. The number of hydrogen-bond donors (Lipinski definition) is 0. The predicted octanol–water partition coefficient (Wildman–Crippen LogP) is 2.21. The van der Waals surface area contributed by atoms with Gasteiger partial charge in [-0.05, 0) is 29.7 Å². The summed E-state index contributed by atoms with van der Waals surface area (Å²) in [6.07, 6.45) is 3.07. The van der Waals surface area contributed by atoms with Gasteiger partial charge in [-0.25, -0.2) is 0 Å². The molecular weight excluding hydrogens is 236 g/mol. The topological polar surface area (TPSA) is 33.2 Å². The van der Waals surface area contributed by atoms with E-state index in [1.165, 1.54) is 11.1 Å². The molecule has 3 heteroatoms. The Morgan fingerprint density at radius 1 is 1.11 bits per heavy atom. The fourth-order valence-electron chi connectivity index (χ4n) is 2.48. The molecule has 2 heterocycles. The van der Waals surface area contributed by atoms with Crippen molar-refractivity contribution in [2.75, 3.05) is 6.54 Å². The minimum absolute atomic E-state index is 0.160. The molecule has 0 radical (unpaired) electrons. The number of aromatic nitrogens is 1. The average Bonchev–Trinajstić information content (AvgIpc) is 2.48. The van der Waals surface area contributed by atoms with E-state index < -0.39 is 0 Å². The maximum Gasteiger partial charge on any atom is 0.228 e. The van der Waals surface area contributed by atoms with Crippen LogP contribution in [0.4, 0.5) is 0 Å². The van der Waals surface area contributed by atoms with Crippen LogP contribution in [0.25, 0.3) is 0 Å². The molecule has 0 fully saturated rings. The first kappa shape index (κ1) is 11.9. The fraction of sp³-hybridized carbons (Fsp3) is 0.250. The second-order valence-corrected chi connectivity index (χ2v) is 4.83. The molecule has 0 N–H and O–H groups in total. The van der Waals surface area contributed by atoms with Crippen LogP contribution in [0.1, 0.15) is 16.8 Å². The molecular formula is C16H16N2O. The number of nitrogens with zero attached hydrogens (tertiary/aromatic N) is 2. The molecule has 96 valence electrons. The highest BCUT2D eigenvalue weighted by Gasteiger charge is 2.20. The number of rotatable bonds is 2. The molecule has 0 saturated heterocycles. The molecule has 3 nitrogen and oxygen atoms in total. The molecule has 0 atom stereocenters. The lowest BCUT2D eigenvalue weighted by molar-refractivity contribution is -0.131. The molecule has 1 aliphatic rings. The van der Waals surface area contributed by atoms with E-state index in [9.17, 15) is 4.79 Å².